The SMILES string of the molecule is Nc1c(F)c(N2CC[C@H](N)C2)c(F)c2c1c(=O)c(C(=O)O)cn2C1CC1F. The maximum Gasteiger partial charge on any atom is 0.341 e. The van der Waals surface area contributed by atoms with Gasteiger partial charge in [-0.3, -0.25) is 4.79 Å². The van der Waals surface area contributed by atoms with Crippen LogP contribution < -0.4 is 21.8 Å². The number of anilines is 2. The molecule has 2 aromatic rings. The normalized spacial score (nSPS) is 24.6. The van der Waals surface area contributed by atoms with Crippen LogP contribution in [0.1, 0.15) is 29.2 Å². The number of benzene rings is 1. The predicted molar refractivity (Wildman–Crippen MR) is 92.9 cm³/mol. The lowest BCUT2D eigenvalue weighted by Crippen LogP contribution is -2.29. The highest BCUT2D eigenvalue weighted by molar-refractivity contribution is 5.99. The number of nitrogen functional groups attached to an aromatic ring is 1. The number of nitrogens with two attached hydrogens (primary N) is 2. The molecular formula is C17H17F3N4O3. The molecule has 144 valence electrons. The zero-order valence-electron chi connectivity index (χ0n) is 14.1. The largest absolute Gasteiger partial charge is 0.477 e. The number of aromatic carboxylic acids is 1. The van der Waals surface area contributed by atoms with E-state index >= 15 is 4.39 Å². The molecule has 27 heavy (non-hydrogen) atoms. The van der Waals surface area contributed by atoms with Gasteiger partial charge in [-0.15, -0.1) is 0 Å². The Hall–Kier alpha value is -2.75. The first-order valence-corrected chi connectivity index (χ1v) is 8.45. The Morgan fingerprint density at radius 2 is 1.96 bits per heavy atom. The summed E-state index contributed by atoms with van der Waals surface area (Å²) < 4.78 is 45.0. The number of aromatic nitrogens is 1. The van der Waals surface area contributed by atoms with E-state index in [-0.39, 0.29) is 24.5 Å². The third kappa shape index (κ3) is 2.54. The summed E-state index contributed by atoms with van der Waals surface area (Å²) in [6, 6.07) is -1.10. The quantitative estimate of drug-likeness (QED) is 0.691. The number of alkyl halides is 1. The lowest BCUT2D eigenvalue weighted by atomic mass is 10.1. The standard InChI is InChI=1S/C17H17F3N4O3/c18-8-3-9(8)24-5-7(17(26)27)16(25)10-13(22)11(19)15(12(20)14(10)24)23-2-1-6(21)4-23/h5-6,8-9H,1-4,21-22H2,(H,26,27)/t6-,8?,9?/m0/s1. The maximum atomic E-state index is 15.4. The van der Waals surface area contributed by atoms with Crippen molar-refractivity contribution in [2.75, 3.05) is 23.7 Å². The van der Waals surface area contributed by atoms with E-state index in [1.165, 1.54) is 4.90 Å². The summed E-state index contributed by atoms with van der Waals surface area (Å²) in [5, 5.41) is 8.66. The summed E-state index contributed by atoms with van der Waals surface area (Å²) in [6.07, 6.45) is 0.151. The maximum absolute atomic E-state index is 15.4. The Morgan fingerprint density at radius 3 is 2.48 bits per heavy atom. The fourth-order valence-electron chi connectivity index (χ4n) is 3.67. The molecule has 7 nitrogen and oxygen atoms in total. The third-order valence-electron chi connectivity index (χ3n) is 5.17. The zero-order valence-corrected chi connectivity index (χ0v) is 14.1. The zero-order chi connectivity index (χ0) is 19.6. The highest BCUT2D eigenvalue weighted by Gasteiger charge is 2.42. The Morgan fingerprint density at radius 1 is 1.30 bits per heavy atom. The summed E-state index contributed by atoms with van der Waals surface area (Å²) in [4.78, 5) is 25.3. The molecule has 1 aliphatic carbocycles. The summed E-state index contributed by atoms with van der Waals surface area (Å²) in [6.45, 7) is 0.498. The molecule has 0 bridgehead atoms. The summed E-state index contributed by atoms with van der Waals surface area (Å²) in [5.41, 5.74) is 8.30. The molecule has 1 aromatic carbocycles. The molecule has 3 atom stereocenters. The molecule has 2 aliphatic rings. The van der Waals surface area contributed by atoms with E-state index < -0.39 is 57.6 Å². The Bertz CT molecular complexity index is 1040. The van der Waals surface area contributed by atoms with Gasteiger partial charge in [0, 0.05) is 31.7 Å². The summed E-state index contributed by atoms with van der Waals surface area (Å²) in [5.74, 6) is -3.80. The van der Waals surface area contributed by atoms with Crippen LogP contribution in [0.5, 0.6) is 0 Å². The van der Waals surface area contributed by atoms with Gasteiger partial charge in [0.1, 0.15) is 17.4 Å². The van der Waals surface area contributed by atoms with Gasteiger partial charge in [0.15, 0.2) is 11.6 Å². The third-order valence-corrected chi connectivity index (χ3v) is 5.17. The van der Waals surface area contributed by atoms with Crippen molar-refractivity contribution in [2.45, 2.75) is 31.1 Å². The first-order chi connectivity index (χ1) is 12.7. The molecule has 10 heteroatoms. The second-order valence-electron chi connectivity index (χ2n) is 7.01. The molecule has 0 spiro atoms. The molecule has 2 unspecified atom stereocenters. The van der Waals surface area contributed by atoms with Crippen molar-refractivity contribution < 1.29 is 23.1 Å². The minimum atomic E-state index is -1.58. The molecule has 1 saturated heterocycles. The second kappa shape index (κ2) is 5.88. The van der Waals surface area contributed by atoms with Gasteiger partial charge in [-0.25, -0.2) is 18.0 Å². The van der Waals surface area contributed by atoms with Crippen molar-refractivity contribution in [3.63, 3.8) is 0 Å². The molecule has 4 rings (SSSR count). The Labute approximate surface area is 151 Å². The van der Waals surface area contributed by atoms with Crippen LogP contribution in [-0.4, -0.2) is 40.9 Å². The van der Waals surface area contributed by atoms with Crippen LogP contribution >= 0.6 is 0 Å². The van der Waals surface area contributed by atoms with Crippen LogP contribution in [0.15, 0.2) is 11.0 Å². The molecule has 1 saturated carbocycles. The van der Waals surface area contributed by atoms with Gasteiger partial charge >= 0.3 is 5.97 Å². The number of carbonyl (C=O) groups is 1. The molecule has 1 aromatic heterocycles. The fourth-order valence-corrected chi connectivity index (χ4v) is 3.67. The van der Waals surface area contributed by atoms with Crippen molar-refractivity contribution in [1.29, 1.82) is 0 Å². The van der Waals surface area contributed by atoms with Gasteiger partial charge in [-0.1, -0.05) is 0 Å². The number of pyridine rings is 1. The number of halogens is 3. The van der Waals surface area contributed by atoms with Crippen LogP contribution in [-0.2, 0) is 0 Å². The first-order valence-electron chi connectivity index (χ1n) is 8.45. The van der Waals surface area contributed by atoms with Crippen LogP contribution in [0.3, 0.4) is 0 Å². The highest BCUT2D eigenvalue weighted by Crippen LogP contribution is 2.43. The van der Waals surface area contributed by atoms with Crippen molar-refractivity contribution in [3.8, 4) is 0 Å². The molecule has 0 amide bonds. The summed E-state index contributed by atoms with van der Waals surface area (Å²) >= 11 is 0. The Kier molecular flexibility index (Phi) is 3.84. The Balaban J connectivity index is 2.09. The number of hydrogen-bond donors (Lipinski definition) is 3. The van der Waals surface area contributed by atoms with Gasteiger partial charge in [0.2, 0.25) is 5.43 Å². The van der Waals surface area contributed by atoms with Crippen LogP contribution in [0.25, 0.3) is 10.9 Å². The van der Waals surface area contributed by atoms with E-state index in [1.807, 2.05) is 0 Å². The van der Waals surface area contributed by atoms with Crippen LogP contribution in [0, 0.1) is 11.6 Å². The van der Waals surface area contributed by atoms with Crippen LogP contribution in [0.4, 0.5) is 24.5 Å². The number of nitrogens with zero attached hydrogens (tertiary/aromatic N) is 2. The van der Waals surface area contributed by atoms with Gasteiger partial charge < -0.3 is 26.0 Å². The van der Waals surface area contributed by atoms with Gasteiger partial charge in [-0.05, 0) is 6.42 Å². The van der Waals surface area contributed by atoms with E-state index in [0.717, 1.165) is 10.8 Å². The lowest BCUT2D eigenvalue weighted by Gasteiger charge is -2.23. The topological polar surface area (TPSA) is 115 Å². The van der Waals surface area contributed by atoms with Crippen molar-refractivity contribution >= 4 is 28.2 Å². The predicted octanol–water partition coefficient (Wildman–Crippen LogP) is 1.38. The number of fused-ring (bicyclic) bond motifs is 1. The smallest absolute Gasteiger partial charge is 0.341 e. The number of rotatable bonds is 3. The van der Waals surface area contributed by atoms with Gasteiger partial charge in [-0.2, -0.15) is 0 Å². The molecule has 2 heterocycles. The highest BCUT2D eigenvalue weighted by atomic mass is 19.1. The number of carboxylic acids is 1. The average molecular weight is 382 g/mol. The van der Waals surface area contributed by atoms with Gasteiger partial charge in [0.25, 0.3) is 0 Å². The minimum Gasteiger partial charge on any atom is -0.477 e. The van der Waals surface area contributed by atoms with E-state index in [0.29, 0.717) is 13.0 Å². The molecule has 1 aliphatic heterocycles. The minimum absolute atomic E-state index is 0.0394. The molecule has 0 radical (unpaired) electrons. The number of carboxylic acid groups (broad SMARTS) is 1. The van der Waals surface area contributed by atoms with Crippen molar-refractivity contribution in [2.24, 2.45) is 5.73 Å². The second-order valence-corrected chi connectivity index (χ2v) is 7.01. The van der Waals surface area contributed by atoms with Crippen molar-refractivity contribution in [3.05, 3.63) is 33.6 Å². The van der Waals surface area contributed by atoms with E-state index in [4.69, 9.17) is 11.5 Å². The summed E-state index contributed by atoms with van der Waals surface area (Å²) in [7, 11) is 0. The van der Waals surface area contributed by atoms with E-state index in [9.17, 15) is 23.5 Å². The van der Waals surface area contributed by atoms with E-state index in [1.54, 1.807) is 0 Å². The van der Waals surface area contributed by atoms with E-state index in [2.05, 4.69) is 0 Å². The molecular weight excluding hydrogens is 365 g/mol. The molecule has 2 fully saturated rings. The molecule has 5 N–H and O–H groups in total. The lowest BCUT2D eigenvalue weighted by molar-refractivity contribution is 0.0694. The first kappa shape index (κ1) is 17.7. The fraction of sp³-hybridized carbons (Fsp3) is 0.412. The average Bonchev–Trinajstić information content (AvgIpc) is 3.17. The van der Waals surface area contributed by atoms with Crippen molar-refractivity contribution in [1.82, 2.24) is 4.57 Å². The van der Waals surface area contributed by atoms with Crippen LogP contribution in [0.2, 0.25) is 0 Å². The van der Waals surface area contributed by atoms with Gasteiger partial charge in [0.05, 0.1) is 22.6 Å². The number of hydrogen-bond acceptors (Lipinski definition) is 5. The monoisotopic (exact) mass is 382 g/mol.